The van der Waals surface area contributed by atoms with E-state index < -0.39 is 11.5 Å². The van der Waals surface area contributed by atoms with Gasteiger partial charge in [0.2, 0.25) is 0 Å². The van der Waals surface area contributed by atoms with E-state index in [0.29, 0.717) is 25.6 Å². The van der Waals surface area contributed by atoms with Crippen LogP contribution in [0.2, 0.25) is 0 Å². The van der Waals surface area contributed by atoms with Crippen LogP contribution in [0.3, 0.4) is 0 Å². The van der Waals surface area contributed by atoms with E-state index in [1.807, 2.05) is 6.92 Å². The zero-order valence-electron chi connectivity index (χ0n) is 12.4. The summed E-state index contributed by atoms with van der Waals surface area (Å²) in [6.45, 7) is 7.31. The lowest BCUT2D eigenvalue weighted by Crippen LogP contribution is -2.58. The SMILES string of the molecule is CCNC1(C(=O)O)CCCC(N(CC)CCOC)C1. The zero-order valence-corrected chi connectivity index (χ0v) is 12.4. The standard InChI is InChI=1S/C14H28N2O3/c1-4-15-14(13(17)18)8-6-7-12(11-14)16(5-2)9-10-19-3/h12,15H,4-11H2,1-3H3,(H,17,18). The van der Waals surface area contributed by atoms with Crippen LogP contribution in [0.4, 0.5) is 0 Å². The van der Waals surface area contributed by atoms with E-state index in [-0.39, 0.29) is 0 Å². The van der Waals surface area contributed by atoms with Gasteiger partial charge >= 0.3 is 5.97 Å². The Balaban J connectivity index is 2.72. The Morgan fingerprint density at radius 1 is 1.53 bits per heavy atom. The average molecular weight is 272 g/mol. The second kappa shape index (κ2) is 7.82. The summed E-state index contributed by atoms with van der Waals surface area (Å²) < 4.78 is 5.14. The van der Waals surface area contributed by atoms with Gasteiger partial charge < -0.3 is 15.2 Å². The van der Waals surface area contributed by atoms with E-state index in [1.165, 1.54) is 0 Å². The van der Waals surface area contributed by atoms with Gasteiger partial charge in [-0.25, -0.2) is 0 Å². The van der Waals surface area contributed by atoms with Gasteiger partial charge in [0, 0.05) is 19.7 Å². The molecule has 0 bridgehead atoms. The van der Waals surface area contributed by atoms with Crippen molar-refractivity contribution < 1.29 is 14.6 Å². The Labute approximate surface area is 116 Å². The first-order chi connectivity index (χ1) is 9.09. The molecule has 112 valence electrons. The van der Waals surface area contributed by atoms with E-state index in [9.17, 15) is 9.90 Å². The maximum absolute atomic E-state index is 11.6. The highest BCUT2D eigenvalue weighted by molar-refractivity contribution is 5.79. The molecule has 1 aliphatic carbocycles. The van der Waals surface area contributed by atoms with Crippen molar-refractivity contribution in [2.45, 2.75) is 51.1 Å². The second-order valence-corrected chi connectivity index (χ2v) is 5.29. The first-order valence-corrected chi connectivity index (χ1v) is 7.31. The minimum Gasteiger partial charge on any atom is -0.480 e. The molecular weight excluding hydrogens is 244 g/mol. The number of aliphatic carboxylic acids is 1. The molecule has 1 aliphatic rings. The van der Waals surface area contributed by atoms with Gasteiger partial charge in [-0.2, -0.15) is 0 Å². The van der Waals surface area contributed by atoms with Crippen LogP contribution in [0.25, 0.3) is 0 Å². The summed E-state index contributed by atoms with van der Waals surface area (Å²) in [5, 5.41) is 12.8. The summed E-state index contributed by atoms with van der Waals surface area (Å²) in [7, 11) is 1.70. The molecular formula is C14H28N2O3. The second-order valence-electron chi connectivity index (χ2n) is 5.29. The van der Waals surface area contributed by atoms with E-state index in [0.717, 1.165) is 32.4 Å². The molecule has 0 aromatic heterocycles. The molecule has 0 amide bonds. The molecule has 0 aliphatic heterocycles. The van der Waals surface area contributed by atoms with Crippen molar-refractivity contribution in [1.82, 2.24) is 10.2 Å². The Kier molecular flexibility index (Phi) is 6.75. The van der Waals surface area contributed by atoms with Crippen LogP contribution in [-0.2, 0) is 9.53 Å². The van der Waals surface area contributed by atoms with Crippen molar-refractivity contribution in [3.8, 4) is 0 Å². The minimum atomic E-state index is -0.738. The van der Waals surface area contributed by atoms with Crippen molar-refractivity contribution in [3.05, 3.63) is 0 Å². The van der Waals surface area contributed by atoms with Crippen LogP contribution in [0, 0.1) is 0 Å². The van der Waals surface area contributed by atoms with Crippen molar-refractivity contribution in [2.75, 3.05) is 33.4 Å². The van der Waals surface area contributed by atoms with E-state index in [2.05, 4.69) is 17.1 Å². The van der Waals surface area contributed by atoms with Crippen LogP contribution in [0.15, 0.2) is 0 Å². The van der Waals surface area contributed by atoms with E-state index in [1.54, 1.807) is 7.11 Å². The molecule has 0 spiro atoms. The summed E-state index contributed by atoms with van der Waals surface area (Å²) >= 11 is 0. The first kappa shape index (κ1) is 16.4. The number of rotatable bonds is 8. The van der Waals surface area contributed by atoms with Gasteiger partial charge in [0.15, 0.2) is 0 Å². The predicted molar refractivity (Wildman–Crippen MR) is 75.4 cm³/mol. The normalized spacial score (nSPS) is 27.7. The summed E-state index contributed by atoms with van der Waals surface area (Å²) in [4.78, 5) is 14.0. The molecule has 2 atom stereocenters. The van der Waals surface area contributed by atoms with Crippen LogP contribution < -0.4 is 5.32 Å². The quantitative estimate of drug-likeness (QED) is 0.698. The fraction of sp³-hybridized carbons (Fsp3) is 0.929. The molecule has 19 heavy (non-hydrogen) atoms. The van der Waals surface area contributed by atoms with Gasteiger partial charge in [-0.15, -0.1) is 0 Å². The number of nitrogens with zero attached hydrogens (tertiary/aromatic N) is 1. The van der Waals surface area contributed by atoms with Crippen LogP contribution >= 0.6 is 0 Å². The molecule has 2 N–H and O–H groups in total. The topological polar surface area (TPSA) is 61.8 Å². The van der Waals surface area contributed by atoms with Crippen LogP contribution in [0.5, 0.6) is 0 Å². The smallest absolute Gasteiger partial charge is 0.323 e. The minimum absolute atomic E-state index is 0.337. The highest BCUT2D eigenvalue weighted by atomic mass is 16.5. The molecule has 5 heteroatoms. The van der Waals surface area contributed by atoms with Crippen molar-refractivity contribution >= 4 is 5.97 Å². The maximum Gasteiger partial charge on any atom is 0.323 e. The molecule has 5 nitrogen and oxygen atoms in total. The number of carbonyl (C=O) groups is 1. The molecule has 0 radical (unpaired) electrons. The molecule has 2 unspecified atom stereocenters. The van der Waals surface area contributed by atoms with Crippen molar-refractivity contribution in [2.24, 2.45) is 0 Å². The number of likely N-dealkylation sites (N-methyl/N-ethyl adjacent to an activating group) is 2. The molecule has 0 heterocycles. The number of nitrogens with one attached hydrogen (secondary N) is 1. The Morgan fingerprint density at radius 3 is 2.79 bits per heavy atom. The number of hydrogen-bond acceptors (Lipinski definition) is 4. The number of hydrogen-bond donors (Lipinski definition) is 2. The fourth-order valence-corrected chi connectivity index (χ4v) is 3.13. The molecule has 0 saturated heterocycles. The lowest BCUT2D eigenvalue weighted by Gasteiger charge is -2.42. The van der Waals surface area contributed by atoms with Crippen molar-refractivity contribution in [1.29, 1.82) is 0 Å². The molecule has 0 aromatic carbocycles. The van der Waals surface area contributed by atoms with E-state index in [4.69, 9.17) is 4.74 Å². The van der Waals surface area contributed by atoms with Gasteiger partial charge in [0.05, 0.1) is 6.61 Å². The molecule has 1 fully saturated rings. The fourth-order valence-electron chi connectivity index (χ4n) is 3.13. The molecule has 1 rings (SSSR count). The number of carboxylic acid groups (broad SMARTS) is 1. The molecule has 0 aromatic rings. The Morgan fingerprint density at radius 2 is 2.26 bits per heavy atom. The van der Waals surface area contributed by atoms with Crippen LogP contribution in [0.1, 0.15) is 39.5 Å². The summed E-state index contributed by atoms with van der Waals surface area (Å²) in [6, 6.07) is 0.337. The Hall–Kier alpha value is -0.650. The largest absolute Gasteiger partial charge is 0.480 e. The first-order valence-electron chi connectivity index (χ1n) is 7.31. The lowest BCUT2D eigenvalue weighted by atomic mass is 9.78. The monoisotopic (exact) mass is 272 g/mol. The van der Waals surface area contributed by atoms with Gasteiger partial charge in [0.1, 0.15) is 5.54 Å². The van der Waals surface area contributed by atoms with E-state index >= 15 is 0 Å². The molecule has 1 saturated carbocycles. The van der Waals surface area contributed by atoms with Gasteiger partial charge in [-0.1, -0.05) is 13.8 Å². The summed E-state index contributed by atoms with van der Waals surface area (Å²) in [5.41, 5.74) is -0.738. The number of methoxy groups -OCH3 is 1. The zero-order chi connectivity index (χ0) is 14.3. The lowest BCUT2D eigenvalue weighted by molar-refractivity contribution is -0.147. The van der Waals surface area contributed by atoms with Gasteiger partial charge in [-0.05, 0) is 38.8 Å². The van der Waals surface area contributed by atoms with Crippen LogP contribution in [-0.4, -0.2) is 60.9 Å². The summed E-state index contributed by atoms with van der Waals surface area (Å²) in [5.74, 6) is -0.707. The highest BCUT2D eigenvalue weighted by Crippen LogP contribution is 2.31. The maximum atomic E-state index is 11.6. The number of carboxylic acids is 1. The van der Waals surface area contributed by atoms with Crippen molar-refractivity contribution in [3.63, 3.8) is 0 Å². The third-order valence-electron chi connectivity index (χ3n) is 4.15. The highest BCUT2D eigenvalue weighted by Gasteiger charge is 2.43. The summed E-state index contributed by atoms with van der Waals surface area (Å²) in [6.07, 6.45) is 3.47. The van der Waals surface area contributed by atoms with Gasteiger partial charge in [-0.3, -0.25) is 9.69 Å². The average Bonchev–Trinajstić information content (AvgIpc) is 2.40. The Bertz CT molecular complexity index is 282. The van der Waals surface area contributed by atoms with Gasteiger partial charge in [0.25, 0.3) is 0 Å². The predicted octanol–water partition coefficient (Wildman–Crippen LogP) is 1.33. The third-order valence-corrected chi connectivity index (χ3v) is 4.15. The third kappa shape index (κ3) is 4.16. The number of ether oxygens (including phenoxy) is 1.